The second-order valence-electron chi connectivity index (χ2n) is 13.7. The van der Waals surface area contributed by atoms with E-state index in [4.69, 9.17) is 4.42 Å². The minimum Gasteiger partial charge on any atom is -0.456 e. The van der Waals surface area contributed by atoms with E-state index in [0.29, 0.717) is 0 Å². The second kappa shape index (κ2) is 10.3. The third-order valence-electron chi connectivity index (χ3n) is 11.0. The molecule has 0 spiro atoms. The van der Waals surface area contributed by atoms with Crippen LogP contribution in [0, 0.1) is 0 Å². The van der Waals surface area contributed by atoms with Crippen molar-refractivity contribution in [2.45, 2.75) is 0 Å². The van der Waals surface area contributed by atoms with Crippen LogP contribution in [0.3, 0.4) is 0 Å². The molecule has 0 saturated heterocycles. The molecule has 4 nitrogen and oxygen atoms in total. The monoisotopic (exact) mass is 663 g/mol. The number of rotatable bonds is 3. The van der Waals surface area contributed by atoms with Gasteiger partial charge in [0.1, 0.15) is 11.2 Å². The highest BCUT2D eigenvalue weighted by Gasteiger charge is 2.26. The van der Waals surface area contributed by atoms with Crippen LogP contribution in [0.1, 0.15) is 0 Å². The zero-order valence-electron chi connectivity index (χ0n) is 28.0. The maximum absolute atomic E-state index is 6.45. The number of nitrogens with zero attached hydrogens (tertiary/aromatic N) is 3. The Bertz CT molecular complexity index is 3390. The first-order chi connectivity index (χ1) is 25.8. The average Bonchev–Trinajstić information content (AvgIpc) is 3.95. The van der Waals surface area contributed by atoms with E-state index in [2.05, 4.69) is 184 Å². The topological polar surface area (TPSA) is 27.9 Å². The second-order valence-corrected chi connectivity index (χ2v) is 13.7. The predicted octanol–water partition coefficient (Wildman–Crippen LogP) is 12.9. The van der Waals surface area contributed by atoms with E-state index < -0.39 is 0 Å². The third-order valence-corrected chi connectivity index (χ3v) is 11.0. The standard InChI is InChI=1S/C48H29N3O/c1-3-14-30(15-4-1)49-39-21-10-7-18-32(39)34-26-28-36-37-29-27-35-33-19-8-11-22-40(33)51(41-23-13-25-43-44(41)38-20-9-12-24-42(38)52-43)48(35)47(37)50(46(36)45(34)49)31-16-5-2-6-17-31/h1-29H. The third kappa shape index (κ3) is 3.55. The molecule has 0 amide bonds. The summed E-state index contributed by atoms with van der Waals surface area (Å²) in [6.45, 7) is 0. The summed E-state index contributed by atoms with van der Waals surface area (Å²) in [6, 6.07) is 63.4. The summed E-state index contributed by atoms with van der Waals surface area (Å²) in [5.74, 6) is 0. The van der Waals surface area contributed by atoms with Gasteiger partial charge in [-0.15, -0.1) is 0 Å². The van der Waals surface area contributed by atoms with E-state index in [0.717, 1.165) is 44.5 Å². The number of fused-ring (bicyclic) bond motifs is 14. The molecule has 0 saturated carbocycles. The molecule has 0 bridgehead atoms. The largest absolute Gasteiger partial charge is 0.456 e. The van der Waals surface area contributed by atoms with Crippen LogP contribution in [0.5, 0.6) is 0 Å². The number of aromatic nitrogens is 3. The quantitative estimate of drug-likeness (QED) is 0.185. The molecule has 12 rings (SSSR count). The van der Waals surface area contributed by atoms with Crippen molar-refractivity contribution >= 4 is 87.4 Å². The smallest absolute Gasteiger partial charge is 0.137 e. The van der Waals surface area contributed by atoms with Crippen LogP contribution in [-0.4, -0.2) is 13.7 Å². The maximum atomic E-state index is 6.45. The molecule has 0 fully saturated rings. The normalized spacial score (nSPS) is 12.2. The van der Waals surface area contributed by atoms with Gasteiger partial charge in [0, 0.05) is 49.1 Å². The van der Waals surface area contributed by atoms with Gasteiger partial charge >= 0.3 is 0 Å². The summed E-state index contributed by atoms with van der Waals surface area (Å²) in [5.41, 5.74) is 12.2. The Morgan fingerprint density at radius 3 is 1.37 bits per heavy atom. The molecule has 4 heteroatoms. The van der Waals surface area contributed by atoms with Crippen molar-refractivity contribution in [3.63, 3.8) is 0 Å². The molecule has 0 radical (unpaired) electrons. The van der Waals surface area contributed by atoms with Gasteiger partial charge in [-0.3, -0.25) is 0 Å². The molecular formula is C48H29N3O. The summed E-state index contributed by atoms with van der Waals surface area (Å²) in [7, 11) is 0. The average molecular weight is 664 g/mol. The van der Waals surface area contributed by atoms with Gasteiger partial charge in [-0.25, -0.2) is 0 Å². The van der Waals surface area contributed by atoms with E-state index in [1.54, 1.807) is 0 Å². The molecule has 12 aromatic rings. The van der Waals surface area contributed by atoms with Gasteiger partial charge in [-0.05, 0) is 54.6 Å². The Morgan fingerprint density at radius 1 is 0.288 bits per heavy atom. The van der Waals surface area contributed by atoms with Gasteiger partial charge in [-0.1, -0.05) is 121 Å². The Morgan fingerprint density at radius 2 is 0.731 bits per heavy atom. The molecule has 0 N–H and O–H groups in total. The molecular weight excluding hydrogens is 635 g/mol. The summed E-state index contributed by atoms with van der Waals surface area (Å²) < 4.78 is 13.9. The molecule has 0 aliphatic carbocycles. The zero-order valence-corrected chi connectivity index (χ0v) is 28.0. The molecule has 0 unspecified atom stereocenters. The Kier molecular flexibility index (Phi) is 5.47. The lowest BCUT2D eigenvalue weighted by Gasteiger charge is -2.14. The molecule has 0 aliphatic rings. The summed E-state index contributed by atoms with van der Waals surface area (Å²) >= 11 is 0. The first kappa shape index (κ1) is 27.7. The van der Waals surface area contributed by atoms with Crippen molar-refractivity contribution in [1.29, 1.82) is 0 Å². The number of hydrogen-bond donors (Lipinski definition) is 0. The van der Waals surface area contributed by atoms with Crippen LogP contribution in [0.2, 0.25) is 0 Å². The van der Waals surface area contributed by atoms with Gasteiger partial charge in [0.25, 0.3) is 0 Å². The predicted molar refractivity (Wildman–Crippen MR) is 217 cm³/mol. The highest BCUT2D eigenvalue weighted by Crippen LogP contribution is 2.46. The highest BCUT2D eigenvalue weighted by molar-refractivity contribution is 6.29. The fraction of sp³-hybridized carbons (Fsp3) is 0. The van der Waals surface area contributed by atoms with E-state index in [1.165, 1.54) is 59.9 Å². The molecule has 8 aromatic carbocycles. The van der Waals surface area contributed by atoms with Crippen molar-refractivity contribution < 1.29 is 4.42 Å². The fourth-order valence-electron chi connectivity index (χ4n) is 8.95. The van der Waals surface area contributed by atoms with Crippen LogP contribution >= 0.6 is 0 Å². The first-order valence-electron chi connectivity index (χ1n) is 17.8. The van der Waals surface area contributed by atoms with Crippen LogP contribution in [0.25, 0.3) is 104 Å². The number of para-hydroxylation sites is 5. The number of furan rings is 1. The molecule has 0 aliphatic heterocycles. The Labute approximate surface area is 297 Å². The van der Waals surface area contributed by atoms with Crippen LogP contribution in [-0.2, 0) is 0 Å². The van der Waals surface area contributed by atoms with Gasteiger partial charge in [0.05, 0.1) is 44.2 Å². The van der Waals surface area contributed by atoms with E-state index in [1.807, 2.05) is 6.07 Å². The maximum Gasteiger partial charge on any atom is 0.137 e. The van der Waals surface area contributed by atoms with Crippen molar-refractivity contribution in [1.82, 2.24) is 13.7 Å². The first-order valence-corrected chi connectivity index (χ1v) is 17.8. The minimum atomic E-state index is 0.884. The van der Waals surface area contributed by atoms with Crippen LogP contribution in [0.15, 0.2) is 180 Å². The van der Waals surface area contributed by atoms with E-state index in [-0.39, 0.29) is 0 Å². The lowest BCUT2D eigenvalue weighted by Crippen LogP contribution is -2.00. The van der Waals surface area contributed by atoms with Gasteiger partial charge in [0.15, 0.2) is 0 Å². The molecule has 4 heterocycles. The van der Waals surface area contributed by atoms with E-state index in [9.17, 15) is 0 Å². The number of hydrogen-bond acceptors (Lipinski definition) is 1. The van der Waals surface area contributed by atoms with Gasteiger partial charge in [0.2, 0.25) is 0 Å². The molecule has 242 valence electrons. The van der Waals surface area contributed by atoms with Crippen LogP contribution in [0.4, 0.5) is 0 Å². The lowest BCUT2D eigenvalue weighted by molar-refractivity contribution is 0.669. The Balaban J connectivity index is 1.37. The summed E-state index contributed by atoms with van der Waals surface area (Å²) in [5, 5.41) is 9.58. The van der Waals surface area contributed by atoms with Crippen molar-refractivity contribution in [3.05, 3.63) is 176 Å². The van der Waals surface area contributed by atoms with Crippen LogP contribution < -0.4 is 0 Å². The van der Waals surface area contributed by atoms with Crippen molar-refractivity contribution in [2.75, 3.05) is 0 Å². The molecule has 0 atom stereocenters. The fourth-order valence-corrected chi connectivity index (χ4v) is 8.95. The summed E-state index contributed by atoms with van der Waals surface area (Å²) in [4.78, 5) is 0. The van der Waals surface area contributed by atoms with E-state index >= 15 is 0 Å². The summed E-state index contributed by atoms with van der Waals surface area (Å²) in [6.07, 6.45) is 0. The van der Waals surface area contributed by atoms with Crippen molar-refractivity contribution in [2.24, 2.45) is 0 Å². The molecule has 52 heavy (non-hydrogen) atoms. The highest BCUT2D eigenvalue weighted by atomic mass is 16.3. The Hall–Kier alpha value is -7.04. The van der Waals surface area contributed by atoms with Gasteiger partial charge in [-0.2, -0.15) is 0 Å². The number of benzene rings is 8. The molecule has 4 aromatic heterocycles. The zero-order chi connectivity index (χ0) is 33.9. The lowest BCUT2D eigenvalue weighted by atomic mass is 10.1. The van der Waals surface area contributed by atoms with Gasteiger partial charge < -0.3 is 18.1 Å². The van der Waals surface area contributed by atoms with Crippen molar-refractivity contribution in [3.8, 4) is 17.1 Å². The SMILES string of the molecule is c1ccc(-n2c3ccccc3c3ccc4c5ccc6c7ccccc7n(-c7cccc8oc9ccccc9c78)c6c5n(-c5ccccc5)c4c32)cc1. The minimum absolute atomic E-state index is 0.884.